The second-order valence-electron chi connectivity index (χ2n) is 1.99. The standard InChI is InChI=1S/C3H7NO.C3H6OS/c2*1-2-5-3-4-1/h4H,1-3H2;1-3H2. The van der Waals surface area contributed by atoms with Crippen molar-refractivity contribution in [2.75, 3.05) is 38.2 Å². The fraction of sp³-hybridized carbons (Fsp3) is 1.00. The number of rotatable bonds is 0. The maximum Gasteiger partial charge on any atom is 0.0966 e. The Morgan fingerprint density at radius 3 is 2.40 bits per heavy atom. The molecule has 0 aliphatic carbocycles. The summed E-state index contributed by atoms with van der Waals surface area (Å²) in [7, 11) is 0. The van der Waals surface area contributed by atoms with Gasteiger partial charge in [-0.3, -0.25) is 5.32 Å². The van der Waals surface area contributed by atoms with Gasteiger partial charge in [0.25, 0.3) is 0 Å². The van der Waals surface area contributed by atoms with E-state index in [9.17, 15) is 0 Å². The van der Waals surface area contributed by atoms with Gasteiger partial charge in [0.1, 0.15) is 0 Å². The molecule has 0 saturated carbocycles. The Hall–Kier alpha value is 0.230. The van der Waals surface area contributed by atoms with Crippen LogP contribution in [0.15, 0.2) is 0 Å². The van der Waals surface area contributed by atoms with Gasteiger partial charge in [0.05, 0.1) is 25.9 Å². The average Bonchev–Trinajstić information content (AvgIpc) is 2.67. The first-order valence-corrected chi connectivity index (χ1v) is 4.59. The minimum atomic E-state index is 0.750. The number of ether oxygens (including phenoxy) is 2. The van der Waals surface area contributed by atoms with Gasteiger partial charge in [-0.2, -0.15) is 0 Å². The number of hydrogen-bond acceptors (Lipinski definition) is 4. The van der Waals surface area contributed by atoms with E-state index < -0.39 is 0 Å². The molecule has 2 heterocycles. The molecule has 2 fully saturated rings. The highest BCUT2D eigenvalue weighted by atomic mass is 32.2. The van der Waals surface area contributed by atoms with Crippen molar-refractivity contribution in [3.63, 3.8) is 0 Å². The molecule has 0 unspecified atom stereocenters. The van der Waals surface area contributed by atoms with Crippen molar-refractivity contribution in [3.05, 3.63) is 0 Å². The molecule has 3 nitrogen and oxygen atoms in total. The molecule has 2 saturated heterocycles. The third-order valence-electron chi connectivity index (χ3n) is 1.17. The molecule has 0 atom stereocenters. The molecule has 1 N–H and O–H groups in total. The van der Waals surface area contributed by atoms with E-state index in [4.69, 9.17) is 9.47 Å². The van der Waals surface area contributed by atoms with Crippen LogP contribution in [0.3, 0.4) is 0 Å². The summed E-state index contributed by atoms with van der Waals surface area (Å²) in [6.45, 7) is 3.63. The van der Waals surface area contributed by atoms with Gasteiger partial charge in [-0.05, 0) is 0 Å². The van der Waals surface area contributed by atoms with Crippen LogP contribution < -0.4 is 5.32 Å². The maximum atomic E-state index is 4.91. The first-order chi connectivity index (χ1) is 5.00. The van der Waals surface area contributed by atoms with E-state index in [0.717, 1.165) is 32.4 Å². The molecule has 60 valence electrons. The van der Waals surface area contributed by atoms with Crippen molar-refractivity contribution >= 4 is 11.8 Å². The molecular weight excluding hydrogens is 150 g/mol. The van der Waals surface area contributed by atoms with Crippen LogP contribution in [0.4, 0.5) is 0 Å². The highest BCUT2D eigenvalue weighted by Gasteiger charge is 1.95. The minimum Gasteiger partial charge on any atom is -0.370 e. The number of hydrogen-bond donors (Lipinski definition) is 1. The van der Waals surface area contributed by atoms with Crippen LogP contribution >= 0.6 is 11.8 Å². The minimum absolute atomic E-state index is 0.750. The number of thioether (sulfide) groups is 1. The molecule has 0 radical (unpaired) electrons. The van der Waals surface area contributed by atoms with E-state index in [0.29, 0.717) is 0 Å². The van der Waals surface area contributed by atoms with Gasteiger partial charge in [-0.1, -0.05) is 0 Å². The number of nitrogens with one attached hydrogen (secondary N) is 1. The average molecular weight is 163 g/mol. The van der Waals surface area contributed by atoms with E-state index in [1.54, 1.807) is 0 Å². The summed E-state index contributed by atoms with van der Waals surface area (Å²) in [6, 6.07) is 0. The SMILES string of the molecule is C1COCN1.C1CSCO1. The molecule has 0 aromatic heterocycles. The van der Waals surface area contributed by atoms with Crippen LogP contribution in [-0.2, 0) is 9.47 Å². The fourth-order valence-corrected chi connectivity index (χ4v) is 1.24. The zero-order valence-electron chi connectivity index (χ0n) is 5.97. The topological polar surface area (TPSA) is 30.5 Å². The highest BCUT2D eigenvalue weighted by molar-refractivity contribution is 7.99. The maximum absolute atomic E-state index is 4.91. The highest BCUT2D eigenvalue weighted by Crippen LogP contribution is 2.06. The van der Waals surface area contributed by atoms with Crippen molar-refractivity contribution in [2.24, 2.45) is 0 Å². The molecule has 0 amide bonds. The predicted octanol–water partition coefficient (Wildman–Crippen LogP) is 0.271. The van der Waals surface area contributed by atoms with Gasteiger partial charge < -0.3 is 9.47 Å². The molecule has 2 aliphatic heterocycles. The van der Waals surface area contributed by atoms with Gasteiger partial charge >= 0.3 is 0 Å². The van der Waals surface area contributed by atoms with Crippen molar-refractivity contribution in [1.29, 1.82) is 0 Å². The Morgan fingerprint density at radius 1 is 1.20 bits per heavy atom. The molecule has 10 heavy (non-hydrogen) atoms. The first-order valence-electron chi connectivity index (χ1n) is 3.44. The van der Waals surface area contributed by atoms with Crippen LogP contribution in [0.2, 0.25) is 0 Å². The van der Waals surface area contributed by atoms with Crippen molar-refractivity contribution < 1.29 is 9.47 Å². The fourth-order valence-electron chi connectivity index (χ4n) is 0.655. The largest absolute Gasteiger partial charge is 0.370 e. The zero-order chi connectivity index (χ0) is 7.07. The monoisotopic (exact) mass is 163 g/mol. The Bertz CT molecular complexity index is 48.9. The molecular formula is C6H13NO2S. The molecule has 4 heteroatoms. The smallest absolute Gasteiger partial charge is 0.0966 e. The van der Waals surface area contributed by atoms with Crippen molar-refractivity contribution in [1.82, 2.24) is 5.32 Å². The lowest BCUT2D eigenvalue weighted by Gasteiger charge is -1.76. The van der Waals surface area contributed by atoms with Gasteiger partial charge in [-0.25, -0.2) is 0 Å². The Balaban J connectivity index is 0.0000001000. The van der Waals surface area contributed by atoms with Crippen LogP contribution in [0.5, 0.6) is 0 Å². The summed E-state index contributed by atoms with van der Waals surface area (Å²) < 4.78 is 9.74. The summed E-state index contributed by atoms with van der Waals surface area (Å²) in [5.74, 6) is 2.11. The van der Waals surface area contributed by atoms with E-state index in [1.807, 2.05) is 11.8 Å². The lowest BCUT2D eigenvalue weighted by atomic mass is 10.7. The molecule has 0 bridgehead atoms. The molecule has 0 aromatic carbocycles. The van der Waals surface area contributed by atoms with Gasteiger partial charge in [-0.15, -0.1) is 11.8 Å². The normalized spacial score (nSPS) is 24.0. The summed E-state index contributed by atoms with van der Waals surface area (Å²) in [6.07, 6.45) is 0. The Labute approximate surface area is 65.5 Å². The molecule has 2 aliphatic rings. The van der Waals surface area contributed by atoms with Gasteiger partial charge in [0.2, 0.25) is 0 Å². The zero-order valence-corrected chi connectivity index (χ0v) is 6.78. The summed E-state index contributed by atoms with van der Waals surface area (Å²) >= 11 is 1.85. The van der Waals surface area contributed by atoms with Crippen LogP contribution in [0.1, 0.15) is 0 Å². The quantitative estimate of drug-likeness (QED) is 0.555. The molecule has 0 spiro atoms. The van der Waals surface area contributed by atoms with Crippen molar-refractivity contribution in [3.8, 4) is 0 Å². The lowest BCUT2D eigenvalue weighted by Crippen LogP contribution is -2.05. The van der Waals surface area contributed by atoms with E-state index >= 15 is 0 Å². The van der Waals surface area contributed by atoms with Crippen LogP contribution in [-0.4, -0.2) is 38.2 Å². The van der Waals surface area contributed by atoms with E-state index in [1.165, 1.54) is 5.75 Å². The van der Waals surface area contributed by atoms with E-state index in [2.05, 4.69) is 5.32 Å². The third kappa shape index (κ3) is 4.11. The summed E-state index contributed by atoms with van der Waals surface area (Å²) in [5.41, 5.74) is 0. The molecule has 0 aromatic rings. The second-order valence-corrected chi connectivity index (χ2v) is 3.04. The van der Waals surface area contributed by atoms with Crippen LogP contribution in [0, 0.1) is 0 Å². The third-order valence-corrected chi connectivity index (χ3v) is 1.95. The van der Waals surface area contributed by atoms with E-state index in [-0.39, 0.29) is 0 Å². The Morgan fingerprint density at radius 2 is 2.20 bits per heavy atom. The summed E-state index contributed by atoms with van der Waals surface area (Å²) in [5, 5.41) is 3.00. The second kappa shape index (κ2) is 5.97. The summed E-state index contributed by atoms with van der Waals surface area (Å²) in [4.78, 5) is 0. The molecule has 2 rings (SSSR count). The first kappa shape index (κ1) is 8.33. The lowest BCUT2D eigenvalue weighted by molar-refractivity contribution is 0.194. The van der Waals surface area contributed by atoms with Gasteiger partial charge in [0, 0.05) is 12.3 Å². The Kier molecular flexibility index (Phi) is 4.97. The van der Waals surface area contributed by atoms with Crippen LogP contribution in [0.25, 0.3) is 0 Å². The van der Waals surface area contributed by atoms with Crippen molar-refractivity contribution in [2.45, 2.75) is 0 Å². The predicted molar refractivity (Wildman–Crippen MR) is 42.1 cm³/mol. The van der Waals surface area contributed by atoms with Gasteiger partial charge in [0.15, 0.2) is 0 Å².